The maximum atomic E-state index is 13.3. The minimum Gasteiger partial charge on any atom is -0.353 e. The van der Waals surface area contributed by atoms with Crippen LogP contribution in [-0.2, 0) is 14.8 Å². The van der Waals surface area contributed by atoms with Gasteiger partial charge in [0.15, 0.2) is 0 Å². The average Bonchev–Trinajstić information content (AvgIpc) is 3.62. The highest BCUT2D eigenvalue weighted by atomic mass is 32.2. The summed E-state index contributed by atoms with van der Waals surface area (Å²) in [7, 11) is -3.62. The molecule has 1 aromatic rings. The Labute approximate surface area is 202 Å². The van der Waals surface area contributed by atoms with Gasteiger partial charge in [-0.3, -0.25) is 9.59 Å². The maximum Gasteiger partial charge on any atom is 0.251 e. The van der Waals surface area contributed by atoms with Crippen LogP contribution in [0.5, 0.6) is 0 Å². The molecule has 1 heterocycles. The molecule has 0 spiro atoms. The van der Waals surface area contributed by atoms with Crippen molar-refractivity contribution in [3.05, 3.63) is 29.8 Å². The first-order valence-electron chi connectivity index (χ1n) is 13.0. The first kappa shape index (κ1) is 22.5. The molecule has 2 N–H and O–H groups in total. The van der Waals surface area contributed by atoms with Crippen LogP contribution in [0, 0.1) is 23.2 Å². The molecule has 0 aromatic heterocycles. The summed E-state index contributed by atoms with van der Waals surface area (Å²) in [5.41, 5.74) is 0.322. The Morgan fingerprint density at radius 1 is 0.794 bits per heavy atom. The fourth-order valence-corrected chi connectivity index (χ4v) is 8.86. The smallest absolute Gasteiger partial charge is 0.251 e. The molecule has 34 heavy (non-hydrogen) atoms. The van der Waals surface area contributed by atoms with Gasteiger partial charge in [-0.2, -0.15) is 4.31 Å². The number of rotatable bonds is 6. The molecular weight excluding hydrogens is 450 g/mol. The van der Waals surface area contributed by atoms with Gasteiger partial charge in [0, 0.05) is 36.2 Å². The van der Waals surface area contributed by atoms with Gasteiger partial charge < -0.3 is 10.6 Å². The van der Waals surface area contributed by atoms with Gasteiger partial charge in [0.1, 0.15) is 0 Å². The van der Waals surface area contributed by atoms with E-state index >= 15 is 0 Å². The van der Waals surface area contributed by atoms with Gasteiger partial charge in [0.25, 0.3) is 5.91 Å². The molecule has 1 saturated heterocycles. The minimum atomic E-state index is -3.62. The lowest BCUT2D eigenvalue weighted by molar-refractivity contribution is -0.147. The molecule has 2 amide bonds. The molecule has 5 aliphatic carbocycles. The third kappa shape index (κ3) is 4.17. The number of nitrogens with zero attached hydrogens (tertiary/aromatic N) is 1. The molecule has 0 unspecified atom stereocenters. The predicted octanol–water partition coefficient (Wildman–Crippen LogP) is 3.06. The highest BCUT2D eigenvalue weighted by molar-refractivity contribution is 7.89. The molecule has 0 radical (unpaired) electrons. The van der Waals surface area contributed by atoms with Gasteiger partial charge in [0.05, 0.1) is 4.90 Å². The van der Waals surface area contributed by atoms with Crippen molar-refractivity contribution in [2.24, 2.45) is 23.2 Å². The van der Waals surface area contributed by atoms with Crippen molar-refractivity contribution in [1.82, 2.24) is 14.9 Å². The third-order valence-electron chi connectivity index (χ3n) is 8.98. The predicted molar refractivity (Wildman–Crippen MR) is 127 cm³/mol. The van der Waals surface area contributed by atoms with Crippen LogP contribution in [0.4, 0.5) is 0 Å². The number of nitrogens with one attached hydrogen (secondary N) is 2. The van der Waals surface area contributed by atoms with E-state index in [0.717, 1.165) is 49.9 Å². The van der Waals surface area contributed by atoms with Crippen LogP contribution in [0.2, 0.25) is 0 Å². The maximum absolute atomic E-state index is 13.3. The van der Waals surface area contributed by atoms with E-state index in [-0.39, 0.29) is 34.2 Å². The molecule has 7 rings (SSSR count). The summed E-state index contributed by atoms with van der Waals surface area (Å²) in [6.07, 6.45) is 10.4. The lowest BCUT2D eigenvalue weighted by atomic mass is 9.49. The van der Waals surface area contributed by atoms with Crippen molar-refractivity contribution in [3.8, 4) is 0 Å². The van der Waals surface area contributed by atoms with Crippen molar-refractivity contribution < 1.29 is 18.0 Å². The molecule has 5 saturated carbocycles. The molecular formula is C26H35N3O4S. The highest BCUT2D eigenvalue weighted by Gasteiger charge is 2.54. The van der Waals surface area contributed by atoms with Crippen LogP contribution in [0.3, 0.4) is 0 Å². The number of carbonyl (C=O) groups excluding carboxylic acids is 2. The van der Waals surface area contributed by atoms with E-state index in [9.17, 15) is 18.0 Å². The number of amides is 2. The van der Waals surface area contributed by atoms with Crippen molar-refractivity contribution in [1.29, 1.82) is 0 Å². The van der Waals surface area contributed by atoms with E-state index in [1.54, 1.807) is 12.1 Å². The monoisotopic (exact) mass is 485 g/mol. The molecule has 1 aromatic carbocycles. The Balaban J connectivity index is 1.05. The largest absolute Gasteiger partial charge is 0.353 e. The third-order valence-corrected chi connectivity index (χ3v) is 10.9. The van der Waals surface area contributed by atoms with E-state index in [4.69, 9.17) is 0 Å². The Morgan fingerprint density at radius 3 is 1.85 bits per heavy atom. The van der Waals surface area contributed by atoms with Crippen LogP contribution in [-0.4, -0.2) is 49.7 Å². The van der Waals surface area contributed by atoms with Gasteiger partial charge in [0.2, 0.25) is 15.9 Å². The zero-order chi connectivity index (χ0) is 23.5. The van der Waals surface area contributed by atoms with Crippen molar-refractivity contribution >= 4 is 21.8 Å². The quantitative estimate of drug-likeness (QED) is 0.647. The molecule has 0 atom stereocenters. The summed E-state index contributed by atoms with van der Waals surface area (Å²) in [6.45, 7) is 0.802. The Morgan fingerprint density at radius 2 is 1.32 bits per heavy atom. The van der Waals surface area contributed by atoms with Crippen molar-refractivity contribution in [2.45, 2.75) is 81.2 Å². The Hall–Kier alpha value is -1.93. The van der Waals surface area contributed by atoms with Crippen LogP contribution >= 0.6 is 0 Å². The second kappa shape index (κ2) is 8.33. The Kier molecular flexibility index (Phi) is 5.52. The number of carbonyl (C=O) groups is 2. The van der Waals surface area contributed by atoms with Crippen molar-refractivity contribution in [2.75, 3.05) is 13.1 Å². The van der Waals surface area contributed by atoms with Crippen LogP contribution in [0.25, 0.3) is 0 Å². The van der Waals surface area contributed by atoms with E-state index in [2.05, 4.69) is 10.6 Å². The van der Waals surface area contributed by atoms with Crippen LogP contribution in [0.1, 0.15) is 74.6 Å². The lowest BCUT2D eigenvalue weighted by Crippen LogP contribution is -2.56. The second-order valence-electron chi connectivity index (χ2n) is 11.6. The molecule has 6 fully saturated rings. The lowest BCUT2D eigenvalue weighted by Gasteiger charge is -2.56. The summed E-state index contributed by atoms with van der Waals surface area (Å²) >= 11 is 0. The fourth-order valence-electron chi connectivity index (χ4n) is 7.39. The number of benzene rings is 1. The van der Waals surface area contributed by atoms with Crippen LogP contribution in [0.15, 0.2) is 29.2 Å². The minimum absolute atomic E-state index is 0.0421. The molecule has 7 nitrogen and oxygen atoms in total. The number of hydrogen-bond acceptors (Lipinski definition) is 4. The fraction of sp³-hybridized carbons (Fsp3) is 0.692. The number of sulfonamides is 1. The normalized spacial score (nSPS) is 33.6. The standard InChI is InChI=1S/C26H35N3O4S/c30-24(27-21-3-4-21)20-1-5-23(6-2-20)34(32,33)29-9-7-22(8-10-29)28-25(31)26-14-17-11-18(15-26)13-19(12-17)16-26/h1-2,5-6,17-19,21-22H,3-4,7-16H2,(H,27,30)(H,28,31). The van der Waals surface area contributed by atoms with Gasteiger partial charge in [-0.05, 0) is 106 Å². The summed E-state index contributed by atoms with van der Waals surface area (Å²) in [5.74, 6) is 2.27. The van der Waals surface area contributed by atoms with E-state index in [1.165, 1.54) is 35.7 Å². The zero-order valence-corrected chi connectivity index (χ0v) is 20.5. The van der Waals surface area contributed by atoms with Gasteiger partial charge in [-0.15, -0.1) is 0 Å². The summed E-state index contributed by atoms with van der Waals surface area (Å²) in [5, 5.41) is 6.24. The molecule has 6 aliphatic rings. The summed E-state index contributed by atoms with van der Waals surface area (Å²) < 4.78 is 27.8. The molecule has 184 valence electrons. The number of piperidine rings is 1. The average molecular weight is 486 g/mol. The second-order valence-corrected chi connectivity index (χ2v) is 13.6. The molecule has 8 heteroatoms. The summed E-state index contributed by atoms with van der Waals surface area (Å²) in [6, 6.07) is 6.53. The van der Waals surface area contributed by atoms with E-state index in [1.807, 2.05) is 0 Å². The first-order chi connectivity index (χ1) is 16.3. The highest BCUT2D eigenvalue weighted by Crippen LogP contribution is 2.60. The topological polar surface area (TPSA) is 95.6 Å². The van der Waals surface area contributed by atoms with Gasteiger partial charge in [-0.25, -0.2) is 8.42 Å². The zero-order valence-electron chi connectivity index (χ0n) is 19.7. The Bertz CT molecular complexity index is 1040. The van der Waals surface area contributed by atoms with Crippen LogP contribution < -0.4 is 10.6 Å². The van der Waals surface area contributed by atoms with Crippen molar-refractivity contribution in [3.63, 3.8) is 0 Å². The van der Waals surface area contributed by atoms with E-state index < -0.39 is 10.0 Å². The first-order valence-corrected chi connectivity index (χ1v) is 14.5. The summed E-state index contributed by atoms with van der Waals surface area (Å²) in [4.78, 5) is 25.7. The SMILES string of the molecule is O=C(NC1CC1)c1ccc(S(=O)(=O)N2CCC(NC(=O)C34CC5CC(CC(C5)C3)C4)CC2)cc1. The number of hydrogen-bond donors (Lipinski definition) is 2. The van der Waals surface area contributed by atoms with E-state index in [0.29, 0.717) is 31.5 Å². The van der Waals surface area contributed by atoms with Gasteiger partial charge in [-0.1, -0.05) is 0 Å². The van der Waals surface area contributed by atoms with Gasteiger partial charge >= 0.3 is 0 Å². The molecule has 4 bridgehead atoms. The molecule has 1 aliphatic heterocycles.